The Hall–Kier alpha value is -3.89. The van der Waals surface area contributed by atoms with Gasteiger partial charge in [0.2, 0.25) is 0 Å². The van der Waals surface area contributed by atoms with Crippen molar-refractivity contribution in [3.05, 3.63) is 240 Å². The van der Waals surface area contributed by atoms with Gasteiger partial charge < -0.3 is 17.0 Å². The zero-order chi connectivity index (χ0) is 34.9. The number of benzene rings is 7. The Bertz CT molecular complexity index is 1960. The summed E-state index contributed by atoms with van der Waals surface area (Å²) in [5, 5.41) is 4.32. The summed E-state index contributed by atoms with van der Waals surface area (Å²) < 4.78 is 0. The molecule has 4 heteroatoms. The van der Waals surface area contributed by atoms with Gasteiger partial charge >= 0.3 is 16.5 Å². The number of halogens is 1. The smallest absolute Gasteiger partial charge is 1.00 e. The van der Waals surface area contributed by atoms with Gasteiger partial charge in [0, 0.05) is 6.16 Å². The summed E-state index contributed by atoms with van der Waals surface area (Å²) in [6.07, 6.45) is 7.94. The number of rotatable bonds is 12. The largest absolute Gasteiger partial charge is 2.00 e. The molecule has 0 atom stereocenters. The Morgan fingerprint density at radius 1 is 0.434 bits per heavy atom. The van der Waals surface area contributed by atoms with Crippen molar-refractivity contribution >= 4 is 37.3 Å². The molecule has 0 saturated heterocycles. The van der Waals surface area contributed by atoms with Gasteiger partial charge in [0.25, 0.3) is 0 Å². The second kappa shape index (κ2) is 23.0. The van der Waals surface area contributed by atoms with Crippen molar-refractivity contribution in [2.45, 2.75) is 31.8 Å². The van der Waals surface area contributed by atoms with Crippen molar-refractivity contribution in [2.75, 3.05) is 0 Å². The minimum Gasteiger partial charge on any atom is -1.00 e. The molecule has 0 aliphatic carbocycles. The fourth-order valence-corrected chi connectivity index (χ4v) is 10.9. The molecule has 0 fully saturated rings. The topological polar surface area (TPSA) is 0 Å². The summed E-state index contributed by atoms with van der Waals surface area (Å²) in [5.41, 5.74) is 8.00. The maximum absolute atomic E-state index is 3.66. The predicted octanol–water partition coefficient (Wildman–Crippen LogP) is 9.16. The molecule has 0 unspecified atom stereocenters. The van der Waals surface area contributed by atoms with Gasteiger partial charge in [-0.25, -0.2) is 0 Å². The zero-order valence-electron chi connectivity index (χ0n) is 30.0. The summed E-state index contributed by atoms with van der Waals surface area (Å²) in [6.45, 7) is 2.22. The third-order valence-corrected chi connectivity index (χ3v) is 13.8. The first-order valence-corrected chi connectivity index (χ1v) is 21.0. The predicted molar refractivity (Wildman–Crippen MR) is 225 cm³/mol. The van der Waals surface area contributed by atoms with Crippen LogP contribution in [0.25, 0.3) is 5.57 Å². The molecule has 0 amide bonds. The van der Waals surface area contributed by atoms with E-state index in [2.05, 4.69) is 219 Å². The fraction of sp³-hybridized carbons (Fsp3) is 0.102. The van der Waals surface area contributed by atoms with E-state index in [0.29, 0.717) is 0 Å². The minimum absolute atomic E-state index is 0. The van der Waals surface area contributed by atoms with Gasteiger partial charge in [0.05, 0.1) is 0 Å². The van der Waals surface area contributed by atoms with E-state index in [1.165, 1.54) is 43.7 Å². The molecule has 267 valence electrons. The number of allylic oxidation sites excluding steroid dienone is 1. The van der Waals surface area contributed by atoms with Crippen LogP contribution in [0, 0.1) is 6.08 Å². The Kier molecular flexibility index (Phi) is 18.2. The maximum Gasteiger partial charge on any atom is 2.00 e. The Morgan fingerprint density at radius 3 is 1.26 bits per heavy atom. The molecule has 7 rings (SSSR count). The molecule has 0 aliphatic rings. The summed E-state index contributed by atoms with van der Waals surface area (Å²) in [4.78, 5) is 0. The van der Waals surface area contributed by atoms with Crippen LogP contribution in [0.4, 0.5) is 0 Å². The van der Waals surface area contributed by atoms with Crippen molar-refractivity contribution in [3.8, 4) is 0 Å². The van der Waals surface area contributed by atoms with Crippen LogP contribution in [-0.2, 0) is 35.0 Å². The zero-order valence-corrected chi connectivity index (χ0v) is 34.4. The van der Waals surface area contributed by atoms with Crippen LogP contribution in [0.15, 0.2) is 206 Å². The van der Waals surface area contributed by atoms with Gasteiger partial charge in [-0.1, -0.05) is 221 Å². The van der Waals surface area contributed by atoms with E-state index in [1.807, 2.05) is 0 Å². The van der Waals surface area contributed by atoms with E-state index in [-0.39, 0.29) is 41.4 Å². The SMILES string of the molecule is CCC(=[C]c1ccccc1)c1ccccc1CP(c1ccccc1)c1ccccc1.[Br-].[Ni+2].c1ccc(CP(Cc2ccccc2)c2ccccc2)cc1. The van der Waals surface area contributed by atoms with Crippen LogP contribution in [0.1, 0.15) is 41.2 Å². The summed E-state index contributed by atoms with van der Waals surface area (Å²) in [7, 11) is -0.682. The van der Waals surface area contributed by atoms with E-state index < -0.39 is 7.92 Å². The maximum atomic E-state index is 3.66. The normalized spacial score (nSPS) is 10.8. The summed E-state index contributed by atoms with van der Waals surface area (Å²) in [5.74, 6) is 0. The molecule has 0 heterocycles. The van der Waals surface area contributed by atoms with Crippen molar-refractivity contribution in [3.63, 3.8) is 0 Å². The number of hydrogen-bond donors (Lipinski definition) is 0. The number of hydrogen-bond acceptors (Lipinski definition) is 0. The first kappa shape index (κ1) is 41.9. The molecule has 53 heavy (non-hydrogen) atoms. The van der Waals surface area contributed by atoms with E-state index >= 15 is 0 Å². The molecule has 0 aromatic heterocycles. The monoisotopic (exact) mass is 832 g/mol. The standard InChI is InChI=1S/C29H26P.C20H19P.BrH.Ni/c1-2-25(22-24-14-6-3-7-15-24)29-21-13-12-16-26(29)23-30(27-17-8-4-9-18-27)28-19-10-5-11-20-28;1-4-10-18(11-5-1)16-21(20-14-8-3-9-15-20)17-19-12-6-2-7-13-19;;/h3-21H,2,23H2,1H3;1-15H,16-17H2;1H;/q;;;+2/p-1. The summed E-state index contributed by atoms with van der Waals surface area (Å²) in [6, 6.07) is 73.8. The van der Waals surface area contributed by atoms with Crippen LogP contribution in [0.3, 0.4) is 0 Å². The average Bonchev–Trinajstić information content (AvgIpc) is 3.21. The Balaban J connectivity index is 0.000000241. The minimum atomic E-state index is -0.474. The molecule has 7 aromatic rings. The van der Waals surface area contributed by atoms with E-state index in [1.54, 1.807) is 0 Å². The first-order chi connectivity index (χ1) is 25.3. The van der Waals surface area contributed by atoms with Crippen LogP contribution < -0.4 is 32.9 Å². The van der Waals surface area contributed by atoms with E-state index in [9.17, 15) is 0 Å². The van der Waals surface area contributed by atoms with Crippen molar-refractivity contribution < 1.29 is 33.5 Å². The van der Waals surface area contributed by atoms with E-state index in [4.69, 9.17) is 0 Å². The molecule has 0 nitrogen and oxygen atoms in total. The van der Waals surface area contributed by atoms with Crippen LogP contribution in [-0.4, -0.2) is 0 Å². The second-order valence-corrected chi connectivity index (χ2v) is 16.8. The summed E-state index contributed by atoms with van der Waals surface area (Å²) >= 11 is 0. The van der Waals surface area contributed by atoms with Crippen molar-refractivity contribution in [1.82, 2.24) is 0 Å². The van der Waals surface area contributed by atoms with Gasteiger partial charge in [-0.2, -0.15) is 0 Å². The van der Waals surface area contributed by atoms with Gasteiger partial charge in [-0.05, 0) is 82.0 Å². The van der Waals surface area contributed by atoms with Crippen LogP contribution >= 0.6 is 15.8 Å². The Morgan fingerprint density at radius 2 is 0.811 bits per heavy atom. The fourth-order valence-electron chi connectivity index (χ4n) is 6.20. The van der Waals surface area contributed by atoms with Crippen LogP contribution in [0.5, 0.6) is 0 Å². The van der Waals surface area contributed by atoms with E-state index in [0.717, 1.165) is 30.5 Å². The second-order valence-electron chi connectivity index (χ2n) is 12.4. The molecule has 7 aromatic carbocycles. The van der Waals surface area contributed by atoms with Gasteiger partial charge in [0.15, 0.2) is 0 Å². The molecule has 0 aliphatic heterocycles. The molecular weight excluding hydrogens is 789 g/mol. The quantitative estimate of drug-likeness (QED) is 0.0655. The molecule has 0 N–H and O–H groups in total. The molecular formula is C49H45BrNiP2+. The molecule has 0 bridgehead atoms. The van der Waals surface area contributed by atoms with Crippen molar-refractivity contribution in [1.29, 1.82) is 0 Å². The first-order valence-electron chi connectivity index (χ1n) is 17.8. The van der Waals surface area contributed by atoms with Gasteiger partial charge in [0.1, 0.15) is 0 Å². The molecule has 0 spiro atoms. The van der Waals surface area contributed by atoms with Crippen molar-refractivity contribution in [2.24, 2.45) is 0 Å². The van der Waals surface area contributed by atoms with Gasteiger partial charge in [-0.15, -0.1) is 0 Å². The van der Waals surface area contributed by atoms with Crippen LogP contribution in [0.2, 0.25) is 0 Å². The molecule has 0 saturated carbocycles. The third-order valence-electron chi connectivity index (χ3n) is 8.78. The van der Waals surface area contributed by atoms with Gasteiger partial charge in [-0.3, -0.25) is 0 Å². The Labute approximate surface area is 340 Å². The molecule has 1 radical (unpaired) electrons. The average molecular weight is 834 g/mol. The third kappa shape index (κ3) is 12.9.